The monoisotopic (exact) mass is 216 g/mol. The van der Waals surface area contributed by atoms with Crippen LogP contribution < -0.4 is 10.5 Å². The van der Waals surface area contributed by atoms with E-state index in [2.05, 4.69) is 17.1 Å². The molecule has 0 spiro atoms. The van der Waals surface area contributed by atoms with Crippen molar-refractivity contribution in [2.75, 3.05) is 6.61 Å². The van der Waals surface area contributed by atoms with E-state index in [0.29, 0.717) is 6.61 Å². The van der Waals surface area contributed by atoms with Crippen molar-refractivity contribution in [3.63, 3.8) is 0 Å². The Bertz CT molecular complexity index is 526. The SMILES string of the molecule is CCOc1ccc2[nH]cc(C3(N)CC3)c2c1. The van der Waals surface area contributed by atoms with Gasteiger partial charge in [0.25, 0.3) is 0 Å². The molecule has 0 bridgehead atoms. The molecule has 3 heteroatoms. The van der Waals surface area contributed by atoms with Crippen LogP contribution in [0.4, 0.5) is 0 Å². The zero-order chi connectivity index (χ0) is 11.2. The molecule has 1 aromatic carbocycles. The van der Waals surface area contributed by atoms with E-state index in [0.717, 1.165) is 24.1 Å². The molecule has 0 saturated heterocycles. The van der Waals surface area contributed by atoms with Crippen LogP contribution in [-0.2, 0) is 5.54 Å². The van der Waals surface area contributed by atoms with Crippen LogP contribution in [0.5, 0.6) is 5.75 Å². The Balaban J connectivity index is 2.12. The Labute approximate surface area is 94.6 Å². The van der Waals surface area contributed by atoms with E-state index in [4.69, 9.17) is 10.5 Å². The summed E-state index contributed by atoms with van der Waals surface area (Å²) in [5.74, 6) is 0.917. The first-order chi connectivity index (χ1) is 7.73. The van der Waals surface area contributed by atoms with Crippen LogP contribution in [0.25, 0.3) is 10.9 Å². The van der Waals surface area contributed by atoms with Crippen molar-refractivity contribution in [3.8, 4) is 5.75 Å². The highest BCUT2D eigenvalue weighted by atomic mass is 16.5. The molecule has 1 aliphatic rings. The Morgan fingerprint density at radius 2 is 2.25 bits per heavy atom. The van der Waals surface area contributed by atoms with Gasteiger partial charge < -0.3 is 15.5 Å². The van der Waals surface area contributed by atoms with Crippen LogP contribution >= 0.6 is 0 Å². The van der Waals surface area contributed by atoms with Crippen LogP contribution in [0.1, 0.15) is 25.3 Å². The van der Waals surface area contributed by atoms with Crippen molar-refractivity contribution < 1.29 is 4.74 Å². The second-order valence-corrected chi connectivity index (χ2v) is 4.50. The molecule has 1 fully saturated rings. The van der Waals surface area contributed by atoms with Gasteiger partial charge in [0.2, 0.25) is 0 Å². The number of ether oxygens (including phenoxy) is 1. The molecule has 3 N–H and O–H groups in total. The number of aromatic amines is 1. The second-order valence-electron chi connectivity index (χ2n) is 4.50. The fourth-order valence-corrected chi connectivity index (χ4v) is 2.17. The summed E-state index contributed by atoms with van der Waals surface area (Å²) in [5.41, 5.74) is 8.51. The third-order valence-corrected chi connectivity index (χ3v) is 3.29. The van der Waals surface area contributed by atoms with Gasteiger partial charge >= 0.3 is 0 Å². The van der Waals surface area contributed by atoms with Gasteiger partial charge in [-0.2, -0.15) is 0 Å². The molecule has 1 heterocycles. The fourth-order valence-electron chi connectivity index (χ4n) is 2.17. The fraction of sp³-hybridized carbons (Fsp3) is 0.385. The molecule has 1 aliphatic carbocycles. The Kier molecular flexibility index (Phi) is 1.98. The third kappa shape index (κ3) is 1.39. The summed E-state index contributed by atoms with van der Waals surface area (Å²) in [6, 6.07) is 6.12. The van der Waals surface area contributed by atoms with Gasteiger partial charge in [0, 0.05) is 22.6 Å². The van der Waals surface area contributed by atoms with E-state index in [1.165, 1.54) is 10.9 Å². The van der Waals surface area contributed by atoms with Crippen LogP contribution in [0.15, 0.2) is 24.4 Å². The summed E-state index contributed by atoms with van der Waals surface area (Å²) in [6.45, 7) is 2.69. The minimum Gasteiger partial charge on any atom is -0.494 e. The first-order valence-corrected chi connectivity index (χ1v) is 5.76. The average molecular weight is 216 g/mol. The Morgan fingerprint density at radius 1 is 1.44 bits per heavy atom. The van der Waals surface area contributed by atoms with E-state index in [-0.39, 0.29) is 5.54 Å². The van der Waals surface area contributed by atoms with Gasteiger partial charge in [-0.3, -0.25) is 0 Å². The number of H-pyrrole nitrogens is 1. The van der Waals surface area contributed by atoms with Gasteiger partial charge in [0.15, 0.2) is 0 Å². The quantitative estimate of drug-likeness (QED) is 0.828. The lowest BCUT2D eigenvalue weighted by atomic mass is 10.0. The van der Waals surface area contributed by atoms with Crippen LogP contribution in [0.3, 0.4) is 0 Å². The van der Waals surface area contributed by atoms with E-state index >= 15 is 0 Å². The molecule has 84 valence electrons. The number of rotatable bonds is 3. The summed E-state index contributed by atoms with van der Waals surface area (Å²) < 4.78 is 5.52. The molecule has 2 aromatic rings. The van der Waals surface area contributed by atoms with Gasteiger partial charge in [-0.25, -0.2) is 0 Å². The lowest BCUT2D eigenvalue weighted by Gasteiger charge is -2.08. The Hall–Kier alpha value is -1.48. The largest absolute Gasteiger partial charge is 0.494 e. The zero-order valence-electron chi connectivity index (χ0n) is 9.42. The number of hydrogen-bond acceptors (Lipinski definition) is 2. The molecule has 0 radical (unpaired) electrons. The molecule has 1 saturated carbocycles. The van der Waals surface area contributed by atoms with Crippen molar-refractivity contribution in [1.29, 1.82) is 0 Å². The molecule has 3 rings (SSSR count). The molecule has 3 nitrogen and oxygen atoms in total. The van der Waals surface area contributed by atoms with E-state index in [1.807, 2.05) is 19.2 Å². The lowest BCUT2D eigenvalue weighted by Crippen LogP contribution is -2.17. The van der Waals surface area contributed by atoms with Crippen molar-refractivity contribution in [1.82, 2.24) is 4.98 Å². The molecule has 0 aliphatic heterocycles. The first-order valence-electron chi connectivity index (χ1n) is 5.76. The highest BCUT2D eigenvalue weighted by Gasteiger charge is 2.41. The highest BCUT2D eigenvalue weighted by Crippen LogP contribution is 2.45. The normalized spacial score (nSPS) is 17.6. The number of nitrogens with one attached hydrogen (secondary N) is 1. The Morgan fingerprint density at radius 3 is 2.94 bits per heavy atom. The van der Waals surface area contributed by atoms with Gasteiger partial charge in [-0.15, -0.1) is 0 Å². The van der Waals surface area contributed by atoms with Crippen molar-refractivity contribution in [3.05, 3.63) is 30.0 Å². The minimum atomic E-state index is -0.0942. The molecule has 16 heavy (non-hydrogen) atoms. The smallest absolute Gasteiger partial charge is 0.120 e. The van der Waals surface area contributed by atoms with Gasteiger partial charge in [-0.05, 0) is 43.5 Å². The number of nitrogens with two attached hydrogens (primary N) is 1. The summed E-state index contributed by atoms with van der Waals surface area (Å²) in [4.78, 5) is 3.27. The third-order valence-electron chi connectivity index (χ3n) is 3.29. The van der Waals surface area contributed by atoms with Crippen molar-refractivity contribution in [2.45, 2.75) is 25.3 Å². The molecule has 0 atom stereocenters. The second kappa shape index (κ2) is 3.25. The summed E-state index contributed by atoms with van der Waals surface area (Å²) in [7, 11) is 0. The standard InChI is InChI=1S/C13H16N2O/c1-2-16-9-3-4-12-10(7-9)11(8-15-12)13(14)5-6-13/h3-4,7-8,15H,2,5-6,14H2,1H3. The van der Waals surface area contributed by atoms with E-state index in [1.54, 1.807) is 0 Å². The minimum absolute atomic E-state index is 0.0942. The van der Waals surface area contributed by atoms with Gasteiger partial charge in [0.05, 0.1) is 6.61 Å². The number of benzene rings is 1. The summed E-state index contributed by atoms with van der Waals surface area (Å²) in [5, 5.41) is 1.20. The van der Waals surface area contributed by atoms with E-state index < -0.39 is 0 Å². The number of fused-ring (bicyclic) bond motifs is 1. The molecular weight excluding hydrogens is 200 g/mol. The van der Waals surface area contributed by atoms with Crippen molar-refractivity contribution in [2.24, 2.45) is 5.73 Å². The molecule has 0 amide bonds. The topological polar surface area (TPSA) is 51.0 Å². The summed E-state index contributed by atoms with van der Waals surface area (Å²) >= 11 is 0. The molecular formula is C13H16N2O. The van der Waals surface area contributed by atoms with Crippen LogP contribution in [0.2, 0.25) is 0 Å². The molecule has 0 unspecified atom stereocenters. The predicted molar refractivity (Wildman–Crippen MR) is 64.6 cm³/mol. The maximum Gasteiger partial charge on any atom is 0.120 e. The number of hydrogen-bond donors (Lipinski definition) is 2. The number of aromatic nitrogens is 1. The van der Waals surface area contributed by atoms with Crippen LogP contribution in [-0.4, -0.2) is 11.6 Å². The van der Waals surface area contributed by atoms with Crippen molar-refractivity contribution >= 4 is 10.9 Å². The maximum atomic E-state index is 6.24. The maximum absolute atomic E-state index is 6.24. The lowest BCUT2D eigenvalue weighted by molar-refractivity contribution is 0.340. The van der Waals surface area contributed by atoms with Crippen LogP contribution in [0, 0.1) is 0 Å². The summed E-state index contributed by atoms with van der Waals surface area (Å²) in [6.07, 6.45) is 4.20. The van der Waals surface area contributed by atoms with E-state index in [9.17, 15) is 0 Å². The van der Waals surface area contributed by atoms with Gasteiger partial charge in [0.1, 0.15) is 5.75 Å². The average Bonchev–Trinajstić information content (AvgIpc) is 2.88. The zero-order valence-corrected chi connectivity index (χ0v) is 9.42. The van der Waals surface area contributed by atoms with Gasteiger partial charge in [-0.1, -0.05) is 0 Å². The molecule has 1 aromatic heterocycles. The highest BCUT2D eigenvalue weighted by molar-refractivity contribution is 5.86. The first kappa shape index (κ1) is 9.73. The predicted octanol–water partition coefficient (Wildman–Crippen LogP) is 2.51.